The molecule has 0 N–H and O–H groups in total. The number of hydrogen-bond donors (Lipinski definition) is 0. The Morgan fingerprint density at radius 2 is 1.86 bits per heavy atom. The minimum Gasteiger partial charge on any atom is -0.497 e. The van der Waals surface area contributed by atoms with Crippen LogP contribution in [0.4, 0.5) is 4.39 Å². The summed E-state index contributed by atoms with van der Waals surface area (Å²) in [4.78, 5) is 17.4. The third-order valence-corrected chi connectivity index (χ3v) is 6.21. The summed E-state index contributed by atoms with van der Waals surface area (Å²) in [5.74, 6) is 0.667. The van der Waals surface area contributed by atoms with Gasteiger partial charge in [0.2, 0.25) is 0 Å². The molecular formula is C23H29FN2O2. The lowest BCUT2D eigenvalue weighted by molar-refractivity contribution is -0.128. The zero-order valence-electron chi connectivity index (χ0n) is 16.6. The molecule has 0 spiro atoms. The third-order valence-electron chi connectivity index (χ3n) is 6.21. The Kier molecular flexibility index (Phi) is 5.81. The molecule has 1 aromatic rings. The van der Waals surface area contributed by atoms with Crippen molar-refractivity contribution in [1.29, 1.82) is 0 Å². The minimum absolute atomic E-state index is 0.112. The molecule has 2 heterocycles. The Bertz CT molecular complexity index is 765. The van der Waals surface area contributed by atoms with Crippen LogP contribution in [-0.2, 0) is 4.79 Å². The summed E-state index contributed by atoms with van der Waals surface area (Å²) in [6.45, 7) is 3.93. The van der Waals surface area contributed by atoms with Gasteiger partial charge in [-0.3, -0.25) is 4.79 Å². The molecule has 150 valence electrons. The van der Waals surface area contributed by atoms with E-state index in [1.165, 1.54) is 12.8 Å². The van der Waals surface area contributed by atoms with E-state index in [4.69, 9.17) is 4.74 Å². The second-order valence-corrected chi connectivity index (χ2v) is 8.02. The Morgan fingerprint density at radius 3 is 2.54 bits per heavy atom. The second kappa shape index (κ2) is 8.48. The normalized spacial score (nSPS) is 25.6. The lowest BCUT2D eigenvalue weighted by atomic mass is 9.91. The summed E-state index contributed by atoms with van der Waals surface area (Å²) in [7, 11) is 1.63. The van der Waals surface area contributed by atoms with Crippen molar-refractivity contribution >= 4 is 11.5 Å². The van der Waals surface area contributed by atoms with E-state index in [1.54, 1.807) is 13.2 Å². The SMILES string of the molecule is COc1ccc(C2=CC=C(C(=O)N3CCCC3CN3CCCC3)C(F)C2)cc1. The van der Waals surface area contributed by atoms with Crippen molar-refractivity contribution in [3.8, 4) is 5.75 Å². The number of halogens is 1. The first-order chi connectivity index (χ1) is 13.7. The Balaban J connectivity index is 1.47. The van der Waals surface area contributed by atoms with Gasteiger partial charge in [0.15, 0.2) is 0 Å². The van der Waals surface area contributed by atoms with E-state index in [1.807, 2.05) is 35.2 Å². The molecule has 2 aliphatic heterocycles. The number of methoxy groups -OCH3 is 1. The molecule has 0 radical (unpaired) electrons. The van der Waals surface area contributed by atoms with Crippen molar-refractivity contribution in [1.82, 2.24) is 9.80 Å². The van der Waals surface area contributed by atoms with Crippen molar-refractivity contribution in [3.05, 3.63) is 47.6 Å². The average Bonchev–Trinajstić information content (AvgIpc) is 3.40. The van der Waals surface area contributed by atoms with Crippen molar-refractivity contribution in [3.63, 3.8) is 0 Å². The van der Waals surface area contributed by atoms with Gasteiger partial charge < -0.3 is 14.5 Å². The molecular weight excluding hydrogens is 355 g/mol. The molecule has 5 heteroatoms. The highest BCUT2D eigenvalue weighted by Crippen LogP contribution is 2.32. The number of amides is 1. The quantitative estimate of drug-likeness (QED) is 0.773. The van der Waals surface area contributed by atoms with E-state index in [-0.39, 0.29) is 18.4 Å². The van der Waals surface area contributed by atoms with Gasteiger partial charge in [-0.05, 0) is 62.0 Å². The molecule has 2 fully saturated rings. The van der Waals surface area contributed by atoms with Crippen molar-refractivity contribution in [2.45, 2.75) is 44.3 Å². The monoisotopic (exact) mass is 384 g/mol. The van der Waals surface area contributed by atoms with Crippen LogP contribution in [0.2, 0.25) is 0 Å². The first kappa shape index (κ1) is 19.2. The third kappa shape index (κ3) is 4.00. The van der Waals surface area contributed by atoms with Gasteiger partial charge in [0.25, 0.3) is 5.91 Å². The number of carbonyl (C=O) groups is 1. The van der Waals surface area contributed by atoms with Crippen LogP contribution in [0.3, 0.4) is 0 Å². The van der Waals surface area contributed by atoms with Gasteiger partial charge in [0.1, 0.15) is 11.9 Å². The van der Waals surface area contributed by atoms with Gasteiger partial charge in [-0.2, -0.15) is 0 Å². The highest BCUT2D eigenvalue weighted by Gasteiger charge is 2.35. The molecule has 28 heavy (non-hydrogen) atoms. The Labute approximate surface area is 166 Å². The second-order valence-electron chi connectivity index (χ2n) is 8.02. The summed E-state index contributed by atoms with van der Waals surface area (Å²) < 4.78 is 20.2. The Morgan fingerprint density at radius 1 is 1.11 bits per heavy atom. The van der Waals surface area contributed by atoms with Gasteiger partial charge in [-0.15, -0.1) is 0 Å². The fraction of sp³-hybridized carbons (Fsp3) is 0.522. The molecule has 2 atom stereocenters. The van der Waals surface area contributed by atoms with Gasteiger partial charge in [-0.25, -0.2) is 4.39 Å². The highest BCUT2D eigenvalue weighted by molar-refractivity contribution is 5.96. The minimum atomic E-state index is -1.25. The molecule has 3 aliphatic rings. The molecule has 0 aromatic heterocycles. The zero-order chi connectivity index (χ0) is 19.5. The standard InChI is InChI=1S/C23H29FN2O2/c1-28-20-9-6-17(7-10-20)18-8-11-21(22(24)15-18)23(27)26-14-4-5-19(26)16-25-12-2-3-13-25/h6-11,19,22H,2-5,12-16H2,1H3. The van der Waals surface area contributed by atoms with Crippen LogP contribution in [0.1, 0.15) is 37.7 Å². The summed E-state index contributed by atoms with van der Waals surface area (Å²) in [5, 5.41) is 0. The van der Waals surface area contributed by atoms with E-state index >= 15 is 0 Å². The average molecular weight is 384 g/mol. The number of rotatable bonds is 5. The topological polar surface area (TPSA) is 32.8 Å². The fourth-order valence-electron chi connectivity index (χ4n) is 4.61. The first-order valence-corrected chi connectivity index (χ1v) is 10.4. The molecule has 0 saturated carbocycles. The summed E-state index contributed by atoms with van der Waals surface area (Å²) in [5.41, 5.74) is 2.20. The largest absolute Gasteiger partial charge is 0.497 e. The van der Waals surface area contributed by atoms with Gasteiger partial charge >= 0.3 is 0 Å². The van der Waals surface area contributed by atoms with E-state index in [0.717, 1.165) is 55.9 Å². The maximum absolute atomic E-state index is 15.0. The summed E-state index contributed by atoms with van der Waals surface area (Å²) in [6, 6.07) is 7.85. The predicted octanol–water partition coefficient (Wildman–Crippen LogP) is 3.83. The molecule has 0 bridgehead atoms. The van der Waals surface area contributed by atoms with Crippen LogP contribution in [0.25, 0.3) is 5.57 Å². The van der Waals surface area contributed by atoms with Gasteiger partial charge in [0.05, 0.1) is 12.7 Å². The van der Waals surface area contributed by atoms with E-state index in [0.29, 0.717) is 5.57 Å². The van der Waals surface area contributed by atoms with Gasteiger partial charge in [0, 0.05) is 25.6 Å². The lowest BCUT2D eigenvalue weighted by Gasteiger charge is -2.30. The first-order valence-electron chi connectivity index (χ1n) is 10.4. The van der Waals surface area contributed by atoms with Crippen LogP contribution >= 0.6 is 0 Å². The predicted molar refractivity (Wildman–Crippen MR) is 109 cm³/mol. The van der Waals surface area contributed by atoms with E-state index in [9.17, 15) is 9.18 Å². The van der Waals surface area contributed by atoms with Crippen LogP contribution in [-0.4, -0.2) is 61.2 Å². The van der Waals surface area contributed by atoms with Crippen LogP contribution in [0.15, 0.2) is 42.0 Å². The number of likely N-dealkylation sites (tertiary alicyclic amines) is 2. The number of alkyl halides is 1. The van der Waals surface area contributed by atoms with E-state index < -0.39 is 6.17 Å². The van der Waals surface area contributed by atoms with E-state index in [2.05, 4.69) is 4.90 Å². The molecule has 2 unspecified atom stereocenters. The number of nitrogens with zero attached hydrogens (tertiary/aromatic N) is 2. The fourth-order valence-corrected chi connectivity index (χ4v) is 4.61. The molecule has 2 saturated heterocycles. The van der Waals surface area contributed by atoms with Gasteiger partial charge in [-0.1, -0.05) is 24.3 Å². The molecule has 1 aliphatic carbocycles. The van der Waals surface area contributed by atoms with Crippen molar-refractivity contribution in [2.75, 3.05) is 33.3 Å². The highest BCUT2D eigenvalue weighted by atomic mass is 19.1. The Hall–Kier alpha value is -2.14. The number of benzene rings is 1. The van der Waals surface area contributed by atoms with Crippen LogP contribution < -0.4 is 4.74 Å². The van der Waals surface area contributed by atoms with Crippen LogP contribution in [0, 0.1) is 0 Å². The van der Waals surface area contributed by atoms with Crippen molar-refractivity contribution < 1.29 is 13.9 Å². The molecule has 4 rings (SSSR count). The molecule has 4 nitrogen and oxygen atoms in total. The number of carbonyl (C=O) groups excluding carboxylic acids is 1. The number of allylic oxidation sites excluding steroid dienone is 3. The van der Waals surface area contributed by atoms with Crippen LogP contribution in [0.5, 0.6) is 5.75 Å². The zero-order valence-corrected chi connectivity index (χ0v) is 16.6. The smallest absolute Gasteiger partial charge is 0.253 e. The molecule has 1 amide bonds. The van der Waals surface area contributed by atoms with Crippen molar-refractivity contribution in [2.24, 2.45) is 0 Å². The summed E-state index contributed by atoms with van der Waals surface area (Å²) in [6.07, 6.45) is 7.13. The maximum atomic E-state index is 15.0. The number of hydrogen-bond acceptors (Lipinski definition) is 3. The maximum Gasteiger partial charge on any atom is 0.253 e. The molecule has 1 aromatic carbocycles. The lowest BCUT2D eigenvalue weighted by Crippen LogP contribution is -2.44. The number of ether oxygens (including phenoxy) is 1. The summed E-state index contributed by atoms with van der Waals surface area (Å²) >= 11 is 0.